The molecule has 130 valence electrons. The van der Waals surface area contributed by atoms with Crippen molar-refractivity contribution in [2.24, 2.45) is 7.05 Å². The molecule has 0 fully saturated rings. The molecule has 3 rings (SSSR count). The first kappa shape index (κ1) is 17.4. The lowest BCUT2D eigenvalue weighted by Gasteiger charge is -2.05. The predicted octanol–water partition coefficient (Wildman–Crippen LogP) is 3.07. The van der Waals surface area contributed by atoms with Crippen molar-refractivity contribution in [3.8, 4) is 0 Å². The van der Waals surface area contributed by atoms with E-state index in [1.54, 1.807) is 20.0 Å². The molecule has 0 atom stereocenters. The van der Waals surface area contributed by atoms with Crippen LogP contribution in [0.1, 0.15) is 21.7 Å². The van der Waals surface area contributed by atoms with E-state index in [2.05, 4.69) is 20.5 Å². The largest absolute Gasteiger partial charge is 0.288 e. The summed E-state index contributed by atoms with van der Waals surface area (Å²) in [6.07, 6.45) is 1.37. The van der Waals surface area contributed by atoms with Crippen LogP contribution in [-0.4, -0.2) is 30.5 Å². The summed E-state index contributed by atoms with van der Waals surface area (Å²) in [7, 11) is 1.61. The molecule has 0 radical (unpaired) electrons. The minimum absolute atomic E-state index is 0.0624. The quantitative estimate of drug-likeness (QED) is 0.751. The second-order valence-corrected chi connectivity index (χ2v) is 6.08. The Hall–Kier alpha value is -2.45. The fourth-order valence-corrected chi connectivity index (χ4v) is 2.78. The van der Waals surface area contributed by atoms with E-state index < -0.39 is 11.7 Å². The first-order valence-corrected chi connectivity index (χ1v) is 7.95. The SMILES string of the molecule is Cc1nn(C)c(C(=O)Nc2ncn(Cc3c(F)cccc3Cl)n2)c1Cl. The van der Waals surface area contributed by atoms with Crippen LogP contribution in [0.5, 0.6) is 0 Å². The van der Waals surface area contributed by atoms with Crippen molar-refractivity contribution < 1.29 is 9.18 Å². The van der Waals surface area contributed by atoms with E-state index in [0.717, 1.165) is 0 Å². The molecule has 0 aliphatic heterocycles. The van der Waals surface area contributed by atoms with Gasteiger partial charge in [-0.15, -0.1) is 5.10 Å². The van der Waals surface area contributed by atoms with Crippen LogP contribution in [0.4, 0.5) is 10.3 Å². The number of rotatable bonds is 4. The monoisotopic (exact) mass is 382 g/mol. The number of carbonyl (C=O) groups excluding carboxylic acids is 1. The summed E-state index contributed by atoms with van der Waals surface area (Å²) in [4.78, 5) is 16.3. The zero-order chi connectivity index (χ0) is 18.1. The van der Waals surface area contributed by atoms with Crippen molar-refractivity contribution in [3.05, 3.63) is 57.3 Å². The van der Waals surface area contributed by atoms with Gasteiger partial charge >= 0.3 is 0 Å². The lowest BCUT2D eigenvalue weighted by Crippen LogP contribution is -2.17. The number of amides is 1. The Balaban J connectivity index is 1.77. The van der Waals surface area contributed by atoms with Gasteiger partial charge < -0.3 is 0 Å². The standard InChI is InChI=1S/C15H13Cl2FN6O/c1-8-12(17)13(23(2)21-8)14(25)20-15-19-7-24(22-15)6-9-10(16)4-3-5-11(9)18/h3-5,7H,6H2,1-2H3,(H,20,22,25). The molecule has 0 saturated carbocycles. The van der Waals surface area contributed by atoms with Gasteiger partial charge in [0.2, 0.25) is 5.95 Å². The molecular weight excluding hydrogens is 370 g/mol. The van der Waals surface area contributed by atoms with Gasteiger partial charge in [0, 0.05) is 17.6 Å². The summed E-state index contributed by atoms with van der Waals surface area (Å²) >= 11 is 12.1. The molecule has 1 N–H and O–H groups in total. The Kier molecular flexibility index (Phi) is 4.73. The van der Waals surface area contributed by atoms with Gasteiger partial charge in [-0.05, 0) is 19.1 Å². The highest BCUT2D eigenvalue weighted by molar-refractivity contribution is 6.34. The molecule has 2 aromatic heterocycles. The number of nitrogens with one attached hydrogen (secondary N) is 1. The molecular formula is C15H13Cl2FN6O. The lowest BCUT2D eigenvalue weighted by molar-refractivity contribution is 0.101. The van der Waals surface area contributed by atoms with E-state index in [-0.39, 0.29) is 28.8 Å². The van der Waals surface area contributed by atoms with E-state index >= 15 is 0 Å². The van der Waals surface area contributed by atoms with Crippen molar-refractivity contribution >= 4 is 35.1 Å². The maximum absolute atomic E-state index is 13.8. The Morgan fingerprint density at radius 2 is 2.08 bits per heavy atom. The first-order chi connectivity index (χ1) is 11.9. The minimum Gasteiger partial charge on any atom is -0.288 e. The smallest absolute Gasteiger partial charge is 0.277 e. The van der Waals surface area contributed by atoms with E-state index in [4.69, 9.17) is 23.2 Å². The normalized spacial score (nSPS) is 10.9. The number of halogens is 3. The average Bonchev–Trinajstić information content (AvgIpc) is 3.08. The Bertz CT molecular complexity index is 931. The summed E-state index contributed by atoms with van der Waals surface area (Å²) in [5, 5.41) is 11.3. The number of nitrogens with zero attached hydrogens (tertiary/aromatic N) is 5. The highest BCUT2D eigenvalue weighted by Gasteiger charge is 2.20. The van der Waals surface area contributed by atoms with Gasteiger partial charge in [0.05, 0.1) is 17.3 Å². The van der Waals surface area contributed by atoms with Gasteiger partial charge in [0.1, 0.15) is 17.8 Å². The van der Waals surface area contributed by atoms with E-state index in [1.165, 1.54) is 27.8 Å². The van der Waals surface area contributed by atoms with Gasteiger partial charge in [-0.3, -0.25) is 14.8 Å². The summed E-state index contributed by atoms with van der Waals surface area (Å²) in [6.45, 7) is 1.78. The van der Waals surface area contributed by atoms with Gasteiger partial charge in [0.25, 0.3) is 5.91 Å². The van der Waals surface area contributed by atoms with E-state index in [9.17, 15) is 9.18 Å². The molecule has 25 heavy (non-hydrogen) atoms. The number of carbonyl (C=O) groups is 1. The molecule has 10 heteroatoms. The van der Waals surface area contributed by atoms with Crippen LogP contribution in [0.25, 0.3) is 0 Å². The van der Waals surface area contributed by atoms with Crippen LogP contribution < -0.4 is 5.32 Å². The van der Waals surface area contributed by atoms with Crippen molar-refractivity contribution in [1.82, 2.24) is 24.5 Å². The summed E-state index contributed by atoms with van der Waals surface area (Å²) in [5.74, 6) is -0.868. The Morgan fingerprint density at radius 1 is 1.32 bits per heavy atom. The van der Waals surface area contributed by atoms with Crippen LogP contribution in [0.3, 0.4) is 0 Å². The number of anilines is 1. The Morgan fingerprint density at radius 3 is 2.72 bits per heavy atom. The maximum Gasteiger partial charge on any atom is 0.277 e. The van der Waals surface area contributed by atoms with Crippen LogP contribution >= 0.6 is 23.2 Å². The van der Waals surface area contributed by atoms with Gasteiger partial charge in [-0.1, -0.05) is 29.3 Å². The minimum atomic E-state index is -0.491. The highest BCUT2D eigenvalue weighted by atomic mass is 35.5. The van der Waals surface area contributed by atoms with Crippen molar-refractivity contribution in [2.75, 3.05) is 5.32 Å². The molecule has 0 bridgehead atoms. The number of aromatic nitrogens is 5. The molecule has 0 aliphatic rings. The number of aryl methyl sites for hydroxylation is 2. The van der Waals surface area contributed by atoms with Crippen molar-refractivity contribution in [2.45, 2.75) is 13.5 Å². The summed E-state index contributed by atoms with van der Waals surface area (Å²) < 4.78 is 16.6. The third-order valence-corrected chi connectivity index (χ3v) is 4.31. The number of benzene rings is 1. The third-order valence-electron chi connectivity index (χ3n) is 3.51. The van der Waals surface area contributed by atoms with Crippen molar-refractivity contribution in [1.29, 1.82) is 0 Å². The summed E-state index contributed by atoms with van der Waals surface area (Å²) in [5.41, 5.74) is 1.03. The predicted molar refractivity (Wildman–Crippen MR) is 91.4 cm³/mol. The lowest BCUT2D eigenvalue weighted by atomic mass is 10.2. The van der Waals surface area contributed by atoms with Gasteiger partial charge in [-0.25, -0.2) is 14.1 Å². The van der Waals surface area contributed by atoms with Crippen LogP contribution in [0.2, 0.25) is 10.0 Å². The van der Waals surface area contributed by atoms with Crippen LogP contribution in [-0.2, 0) is 13.6 Å². The highest BCUT2D eigenvalue weighted by Crippen LogP contribution is 2.21. The maximum atomic E-state index is 13.8. The van der Waals surface area contributed by atoms with Crippen LogP contribution in [0.15, 0.2) is 24.5 Å². The third kappa shape index (κ3) is 3.49. The van der Waals surface area contributed by atoms with E-state index in [0.29, 0.717) is 10.7 Å². The second-order valence-electron chi connectivity index (χ2n) is 5.29. The van der Waals surface area contributed by atoms with Gasteiger partial charge in [0.15, 0.2) is 0 Å². The second kappa shape index (κ2) is 6.81. The molecule has 3 aromatic rings. The molecule has 0 saturated heterocycles. The van der Waals surface area contributed by atoms with Crippen LogP contribution in [0, 0.1) is 12.7 Å². The van der Waals surface area contributed by atoms with E-state index in [1.807, 2.05) is 0 Å². The fraction of sp³-hybridized carbons (Fsp3) is 0.200. The first-order valence-electron chi connectivity index (χ1n) is 7.19. The summed E-state index contributed by atoms with van der Waals surface area (Å²) in [6, 6.07) is 4.42. The topological polar surface area (TPSA) is 77.6 Å². The number of hydrogen-bond donors (Lipinski definition) is 1. The molecule has 2 heterocycles. The Labute approximate surface area is 152 Å². The average molecular weight is 383 g/mol. The van der Waals surface area contributed by atoms with Crippen molar-refractivity contribution in [3.63, 3.8) is 0 Å². The van der Waals surface area contributed by atoms with Gasteiger partial charge in [-0.2, -0.15) is 5.10 Å². The molecule has 0 aliphatic carbocycles. The fourth-order valence-electron chi connectivity index (χ4n) is 2.31. The number of hydrogen-bond acceptors (Lipinski definition) is 4. The molecule has 0 spiro atoms. The molecule has 1 aromatic carbocycles. The zero-order valence-electron chi connectivity index (χ0n) is 13.3. The zero-order valence-corrected chi connectivity index (χ0v) is 14.8. The molecule has 1 amide bonds. The molecule has 7 nitrogen and oxygen atoms in total. The molecule has 0 unspecified atom stereocenters.